The number of ether oxygens (including phenoxy) is 1. The number of aromatic carboxylic acids is 1. The minimum absolute atomic E-state index is 0.0114. The molecule has 2 bridgehead atoms. The first-order valence-electron chi connectivity index (χ1n) is 6.33. The minimum atomic E-state index is -1.32. The van der Waals surface area contributed by atoms with Gasteiger partial charge < -0.3 is 14.6 Å². The van der Waals surface area contributed by atoms with Crippen molar-refractivity contribution in [1.29, 1.82) is 0 Å². The molecule has 102 valence electrons. The predicted octanol–water partition coefficient (Wildman–Crippen LogP) is 1.99. The Hall–Kier alpha value is -1.23. The number of carbonyl (C=O) groups is 1. The van der Waals surface area contributed by atoms with Crippen molar-refractivity contribution < 1.29 is 19.0 Å². The summed E-state index contributed by atoms with van der Waals surface area (Å²) in [6, 6.07) is 3.52. The van der Waals surface area contributed by atoms with E-state index in [1.165, 1.54) is 18.6 Å². The van der Waals surface area contributed by atoms with Gasteiger partial charge in [-0.2, -0.15) is 11.8 Å². The third-order valence-electron chi connectivity index (χ3n) is 3.93. The molecule has 1 aromatic rings. The number of thioether (sulfide) groups is 1. The number of carboxylic acids is 1. The van der Waals surface area contributed by atoms with Crippen molar-refractivity contribution in [3.8, 4) is 5.75 Å². The fraction of sp³-hybridized carbons (Fsp3) is 0.500. The van der Waals surface area contributed by atoms with Crippen LogP contribution >= 0.6 is 11.8 Å². The van der Waals surface area contributed by atoms with E-state index >= 15 is 0 Å². The molecule has 0 aliphatic carbocycles. The minimum Gasteiger partial charge on any atom is -0.545 e. The Balaban J connectivity index is 1.87. The Bertz CT molecular complexity index is 533. The Morgan fingerprint density at radius 1 is 1.53 bits per heavy atom. The van der Waals surface area contributed by atoms with Crippen molar-refractivity contribution >= 4 is 17.7 Å². The van der Waals surface area contributed by atoms with E-state index in [-0.39, 0.29) is 11.3 Å². The summed E-state index contributed by atoms with van der Waals surface area (Å²) in [6.45, 7) is 1.98. The molecule has 2 heterocycles. The molecule has 3 atom stereocenters. The standard InChI is InChI=1S/C14H15FO3S/c1-14(7-9-3-5-12(14)19-9)18-11-6-8(13(16)17)2-4-10(11)15/h2,4,6,9,12H,3,5,7H2,1H3,(H,16,17)/p-1. The number of hydrogen-bond acceptors (Lipinski definition) is 4. The summed E-state index contributed by atoms with van der Waals surface area (Å²) in [6.07, 6.45) is 3.15. The highest BCUT2D eigenvalue weighted by Crippen LogP contribution is 2.53. The van der Waals surface area contributed by atoms with Crippen LogP contribution in [0.5, 0.6) is 5.75 Å². The maximum Gasteiger partial charge on any atom is 0.165 e. The molecule has 5 heteroatoms. The van der Waals surface area contributed by atoms with E-state index in [4.69, 9.17) is 4.74 Å². The Kier molecular flexibility index (Phi) is 2.96. The monoisotopic (exact) mass is 281 g/mol. The lowest BCUT2D eigenvalue weighted by molar-refractivity contribution is -0.255. The molecule has 0 radical (unpaired) electrons. The van der Waals surface area contributed by atoms with E-state index < -0.39 is 17.4 Å². The molecule has 3 rings (SSSR count). The van der Waals surface area contributed by atoms with Crippen LogP contribution in [0, 0.1) is 5.82 Å². The Labute approximate surface area is 115 Å². The van der Waals surface area contributed by atoms with Crippen LogP contribution in [0.4, 0.5) is 4.39 Å². The van der Waals surface area contributed by atoms with Crippen LogP contribution in [0.1, 0.15) is 36.5 Å². The average molecular weight is 281 g/mol. The van der Waals surface area contributed by atoms with E-state index in [0.717, 1.165) is 18.9 Å². The van der Waals surface area contributed by atoms with Gasteiger partial charge in [-0.05, 0) is 44.4 Å². The summed E-state index contributed by atoms with van der Waals surface area (Å²) in [5, 5.41) is 11.8. The van der Waals surface area contributed by atoms with Crippen LogP contribution in [0.15, 0.2) is 18.2 Å². The molecule has 3 unspecified atom stereocenters. The third-order valence-corrected chi connectivity index (χ3v) is 5.78. The van der Waals surface area contributed by atoms with Gasteiger partial charge in [-0.1, -0.05) is 0 Å². The first kappa shape index (κ1) is 12.8. The summed E-state index contributed by atoms with van der Waals surface area (Å²) >= 11 is 1.90. The highest BCUT2D eigenvalue weighted by atomic mass is 32.2. The lowest BCUT2D eigenvalue weighted by Gasteiger charge is -2.33. The van der Waals surface area contributed by atoms with Crippen LogP contribution < -0.4 is 9.84 Å². The number of hydrogen-bond donors (Lipinski definition) is 0. The van der Waals surface area contributed by atoms with Gasteiger partial charge in [-0.15, -0.1) is 0 Å². The molecule has 2 aliphatic heterocycles. The van der Waals surface area contributed by atoms with E-state index in [9.17, 15) is 14.3 Å². The van der Waals surface area contributed by atoms with Crippen molar-refractivity contribution in [1.82, 2.24) is 0 Å². The van der Waals surface area contributed by atoms with Gasteiger partial charge >= 0.3 is 0 Å². The number of carboxylic acid groups (broad SMARTS) is 1. The van der Waals surface area contributed by atoms with Gasteiger partial charge in [0.1, 0.15) is 5.60 Å². The zero-order valence-electron chi connectivity index (χ0n) is 10.5. The Morgan fingerprint density at radius 3 is 2.89 bits per heavy atom. The maximum absolute atomic E-state index is 13.8. The summed E-state index contributed by atoms with van der Waals surface area (Å²) in [5.74, 6) is -1.84. The molecule has 2 aliphatic rings. The average Bonchev–Trinajstić information content (AvgIpc) is 2.91. The zero-order valence-corrected chi connectivity index (χ0v) is 11.3. The maximum atomic E-state index is 13.8. The zero-order chi connectivity index (χ0) is 13.6. The second kappa shape index (κ2) is 4.40. The Morgan fingerprint density at radius 2 is 2.32 bits per heavy atom. The summed E-state index contributed by atoms with van der Waals surface area (Å²) < 4.78 is 19.6. The van der Waals surface area contributed by atoms with E-state index in [1.807, 2.05) is 18.7 Å². The molecule has 0 spiro atoms. The number of fused-ring (bicyclic) bond motifs is 2. The second-order valence-corrected chi connectivity index (χ2v) is 6.88. The first-order valence-corrected chi connectivity index (χ1v) is 7.27. The lowest BCUT2D eigenvalue weighted by Crippen LogP contribution is -2.41. The van der Waals surface area contributed by atoms with Crippen LogP contribution in [0.3, 0.4) is 0 Å². The molecule has 0 saturated carbocycles. The third kappa shape index (κ3) is 2.20. The van der Waals surface area contributed by atoms with E-state index in [2.05, 4.69) is 0 Å². The van der Waals surface area contributed by atoms with Gasteiger partial charge in [-0.25, -0.2) is 4.39 Å². The molecule has 2 saturated heterocycles. The molecule has 1 aromatic carbocycles. The van der Waals surface area contributed by atoms with Crippen LogP contribution in [-0.4, -0.2) is 22.1 Å². The molecule has 0 aromatic heterocycles. The van der Waals surface area contributed by atoms with Gasteiger partial charge in [0.05, 0.1) is 5.97 Å². The number of benzene rings is 1. The van der Waals surface area contributed by atoms with Gasteiger partial charge in [-0.3, -0.25) is 0 Å². The largest absolute Gasteiger partial charge is 0.545 e. The summed E-state index contributed by atoms with van der Waals surface area (Å²) in [5.41, 5.74) is -0.463. The van der Waals surface area contributed by atoms with Gasteiger partial charge in [0.15, 0.2) is 11.6 Å². The van der Waals surface area contributed by atoms with Crippen molar-refractivity contribution in [2.45, 2.75) is 42.3 Å². The SMILES string of the molecule is CC1(Oc2cc(C(=O)[O-])ccc2F)CC2CCC1S2. The van der Waals surface area contributed by atoms with Gasteiger partial charge in [0.25, 0.3) is 0 Å². The summed E-state index contributed by atoms with van der Waals surface area (Å²) in [4.78, 5) is 10.8. The van der Waals surface area contributed by atoms with Gasteiger partial charge in [0.2, 0.25) is 0 Å². The van der Waals surface area contributed by atoms with Crippen LogP contribution in [0.2, 0.25) is 0 Å². The normalized spacial score (nSPS) is 32.5. The highest BCUT2D eigenvalue weighted by Gasteiger charge is 2.50. The molecule has 19 heavy (non-hydrogen) atoms. The molecule has 2 fully saturated rings. The first-order chi connectivity index (χ1) is 8.98. The van der Waals surface area contributed by atoms with Crippen molar-refractivity contribution in [2.75, 3.05) is 0 Å². The predicted molar refractivity (Wildman–Crippen MR) is 68.8 cm³/mol. The van der Waals surface area contributed by atoms with Crippen LogP contribution in [-0.2, 0) is 0 Å². The highest BCUT2D eigenvalue weighted by molar-refractivity contribution is 8.01. The lowest BCUT2D eigenvalue weighted by atomic mass is 9.86. The number of rotatable bonds is 3. The molecular formula is C14H14FO3S-. The van der Waals surface area contributed by atoms with Crippen LogP contribution in [0.25, 0.3) is 0 Å². The fourth-order valence-electron chi connectivity index (χ4n) is 2.96. The van der Waals surface area contributed by atoms with Crippen molar-refractivity contribution in [3.63, 3.8) is 0 Å². The van der Waals surface area contributed by atoms with Crippen molar-refractivity contribution in [3.05, 3.63) is 29.6 Å². The summed E-state index contributed by atoms with van der Waals surface area (Å²) in [7, 11) is 0. The van der Waals surface area contributed by atoms with Gasteiger partial charge in [0, 0.05) is 16.1 Å². The number of carbonyl (C=O) groups excluding carboxylic acids is 1. The topological polar surface area (TPSA) is 49.4 Å². The quantitative estimate of drug-likeness (QED) is 0.850. The van der Waals surface area contributed by atoms with E-state index in [1.54, 1.807) is 0 Å². The smallest absolute Gasteiger partial charge is 0.165 e. The van der Waals surface area contributed by atoms with E-state index in [0.29, 0.717) is 10.5 Å². The number of halogens is 1. The molecule has 0 N–H and O–H groups in total. The molecular weight excluding hydrogens is 267 g/mol. The second-order valence-electron chi connectivity index (χ2n) is 5.38. The fourth-order valence-corrected chi connectivity index (χ4v) is 4.82. The molecule has 0 amide bonds. The molecule has 3 nitrogen and oxygen atoms in total. The van der Waals surface area contributed by atoms with Crippen molar-refractivity contribution in [2.24, 2.45) is 0 Å².